The highest BCUT2D eigenvalue weighted by molar-refractivity contribution is 5.97. The fourth-order valence-electron chi connectivity index (χ4n) is 5.84. The summed E-state index contributed by atoms with van der Waals surface area (Å²) in [5.41, 5.74) is 6.42. The minimum atomic E-state index is -1.45. The van der Waals surface area contributed by atoms with E-state index in [-0.39, 0.29) is 32.4 Å². The van der Waals surface area contributed by atoms with Crippen molar-refractivity contribution in [1.82, 2.24) is 25.8 Å². The number of likely N-dealkylation sites (tertiary alicyclic amines) is 2. The van der Waals surface area contributed by atoms with Crippen molar-refractivity contribution in [2.45, 2.75) is 88.6 Å². The molecule has 3 rings (SSSR count). The van der Waals surface area contributed by atoms with Gasteiger partial charge in [-0.2, -0.15) is 0 Å². The highest BCUT2D eigenvalue weighted by Crippen LogP contribution is 2.21. The van der Waals surface area contributed by atoms with Gasteiger partial charge in [0.25, 0.3) is 0 Å². The van der Waals surface area contributed by atoms with E-state index >= 15 is 0 Å². The average molecular weight is 661 g/mol. The normalized spacial score (nSPS) is 20.2. The van der Waals surface area contributed by atoms with Gasteiger partial charge >= 0.3 is 11.9 Å². The first kappa shape index (κ1) is 36.9. The number of hydrogen-bond acceptors (Lipinski definition) is 9. The zero-order chi connectivity index (χ0) is 34.8. The molecule has 6 atom stereocenters. The predicted molar refractivity (Wildman–Crippen MR) is 165 cm³/mol. The van der Waals surface area contributed by atoms with Crippen LogP contribution in [0, 0.1) is 5.92 Å². The first-order valence-corrected chi connectivity index (χ1v) is 15.6. The molecule has 47 heavy (non-hydrogen) atoms. The number of carbonyl (C=O) groups excluding carboxylic acids is 5. The van der Waals surface area contributed by atoms with E-state index in [1.54, 1.807) is 44.2 Å². The van der Waals surface area contributed by atoms with Crippen molar-refractivity contribution in [3.8, 4) is 0 Å². The number of aliphatic hydroxyl groups is 1. The molecule has 2 aliphatic rings. The van der Waals surface area contributed by atoms with Gasteiger partial charge < -0.3 is 46.8 Å². The van der Waals surface area contributed by atoms with Crippen molar-refractivity contribution in [2.75, 3.05) is 19.7 Å². The van der Waals surface area contributed by atoms with Crippen LogP contribution in [0.3, 0.4) is 0 Å². The van der Waals surface area contributed by atoms with E-state index in [0.29, 0.717) is 18.4 Å². The van der Waals surface area contributed by atoms with E-state index in [4.69, 9.17) is 10.8 Å². The Labute approximate surface area is 272 Å². The number of rotatable bonds is 15. The first-order chi connectivity index (χ1) is 22.2. The Morgan fingerprint density at radius 3 is 1.85 bits per heavy atom. The lowest BCUT2D eigenvalue weighted by Gasteiger charge is -2.31. The van der Waals surface area contributed by atoms with Gasteiger partial charge in [0, 0.05) is 19.5 Å². The number of carbonyl (C=O) groups is 7. The Hall–Kier alpha value is -4.57. The molecule has 0 aromatic heterocycles. The van der Waals surface area contributed by atoms with Crippen LogP contribution < -0.4 is 21.7 Å². The summed E-state index contributed by atoms with van der Waals surface area (Å²) in [4.78, 5) is 91.4. The molecule has 0 radical (unpaired) electrons. The van der Waals surface area contributed by atoms with Crippen molar-refractivity contribution < 1.29 is 48.9 Å². The van der Waals surface area contributed by atoms with Crippen molar-refractivity contribution in [1.29, 1.82) is 0 Å². The topological polar surface area (TPSA) is 249 Å². The van der Waals surface area contributed by atoms with Crippen molar-refractivity contribution in [3.63, 3.8) is 0 Å². The Morgan fingerprint density at radius 1 is 0.830 bits per heavy atom. The highest BCUT2D eigenvalue weighted by atomic mass is 16.4. The Kier molecular flexibility index (Phi) is 13.2. The molecule has 2 heterocycles. The second-order valence-electron chi connectivity index (χ2n) is 12.1. The van der Waals surface area contributed by atoms with Crippen LogP contribution in [0.1, 0.15) is 51.5 Å². The lowest BCUT2D eigenvalue weighted by Crippen LogP contribution is -2.60. The Balaban J connectivity index is 1.72. The predicted octanol–water partition coefficient (Wildman–Crippen LogP) is -1.80. The molecule has 16 heteroatoms. The zero-order valence-electron chi connectivity index (χ0n) is 26.5. The molecule has 16 nitrogen and oxygen atoms in total. The molecule has 2 fully saturated rings. The number of benzene rings is 1. The van der Waals surface area contributed by atoms with E-state index in [1.807, 2.05) is 0 Å². The van der Waals surface area contributed by atoms with E-state index < -0.39 is 96.7 Å². The second kappa shape index (κ2) is 16.8. The summed E-state index contributed by atoms with van der Waals surface area (Å²) < 4.78 is 0. The second-order valence-corrected chi connectivity index (χ2v) is 12.1. The van der Waals surface area contributed by atoms with Gasteiger partial charge in [-0.3, -0.25) is 28.8 Å². The summed E-state index contributed by atoms with van der Waals surface area (Å²) in [5, 5.41) is 36.2. The van der Waals surface area contributed by atoms with Crippen LogP contribution in [-0.4, -0.2) is 123 Å². The van der Waals surface area contributed by atoms with Crippen LogP contribution >= 0.6 is 0 Å². The molecule has 0 bridgehead atoms. The van der Waals surface area contributed by atoms with Gasteiger partial charge in [0.15, 0.2) is 0 Å². The number of nitrogens with two attached hydrogens (primary N) is 1. The zero-order valence-corrected chi connectivity index (χ0v) is 26.5. The first-order valence-electron chi connectivity index (χ1n) is 15.6. The lowest BCUT2D eigenvalue weighted by molar-refractivity contribution is -0.146. The quantitative estimate of drug-likeness (QED) is 0.111. The summed E-state index contributed by atoms with van der Waals surface area (Å²) in [6, 6.07) is 1.55. The van der Waals surface area contributed by atoms with Crippen LogP contribution in [0.2, 0.25) is 0 Å². The Morgan fingerprint density at radius 2 is 1.36 bits per heavy atom. The average Bonchev–Trinajstić information content (AvgIpc) is 3.72. The number of carboxylic acids is 2. The van der Waals surface area contributed by atoms with Crippen molar-refractivity contribution in [3.05, 3.63) is 35.9 Å². The van der Waals surface area contributed by atoms with Crippen LogP contribution in [0.5, 0.6) is 0 Å². The maximum atomic E-state index is 13.6. The van der Waals surface area contributed by atoms with E-state index in [1.165, 1.54) is 9.80 Å². The van der Waals surface area contributed by atoms with Crippen molar-refractivity contribution >= 4 is 41.5 Å². The fraction of sp³-hybridized carbons (Fsp3) is 0.581. The summed E-state index contributed by atoms with van der Waals surface area (Å²) in [6.07, 6.45) is 0.767. The maximum Gasteiger partial charge on any atom is 0.326 e. The molecular weight excluding hydrogens is 616 g/mol. The van der Waals surface area contributed by atoms with Gasteiger partial charge in [-0.15, -0.1) is 0 Å². The van der Waals surface area contributed by atoms with Gasteiger partial charge in [0.2, 0.25) is 29.5 Å². The molecule has 1 aromatic carbocycles. The fourth-order valence-corrected chi connectivity index (χ4v) is 5.84. The molecule has 0 aliphatic carbocycles. The van der Waals surface area contributed by atoms with Crippen LogP contribution in [-0.2, 0) is 40.0 Å². The molecule has 2 saturated heterocycles. The van der Waals surface area contributed by atoms with Crippen molar-refractivity contribution in [2.24, 2.45) is 11.7 Å². The number of nitrogens with one attached hydrogen (secondary N) is 3. The van der Waals surface area contributed by atoms with Crippen LogP contribution in [0.4, 0.5) is 0 Å². The van der Waals surface area contributed by atoms with Gasteiger partial charge in [-0.05, 0) is 37.2 Å². The standard InChI is InChI=1S/C31H44N6O10/c1-17(2)25(31(46)47)35-26(41)20(14-18-8-4-3-5-9-18)33-27(42)23-11-7-13-37(23)30(45)21(16-38)34-28(43)22-10-6-12-36(22)29(44)19(32)15-24(39)40/h3-5,8-9,17,19-23,25,38H,6-7,10-16,32H2,1-2H3,(H,33,42)(H,34,43)(H,35,41)(H,39,40)(H,46,47). The van der Waals surface area contributed by atoms with Crippen LogP contribution in [0.15, 0.2) is 30.3 Å². The number of aliphatic carboxylic acids is 2. The highest BCUT2D eigenvalue weighted by Gasteiger charge is 2.42. The SMILES string of the molecule is CC(C)C(NC(=O)C(Cc1ccccc1)NC(=O)C1CCCN1C(=O)C(CO)NC(=O)C1CCCN1C(=O)C(N)CC(=O)O)C(=O)O. The third-order valence-electron chi connectivity index (χ3n) is 8.33. The Bertz CT molecular complexity index is 1320. The molecule has 8 N–H and O–H groups in total. The number of aliphatic hydroxyl groups excluding tert-OH is 1. The monoisotopic (exact) mass is 660 g/mol. The molecule has 0 spiro atoms. The smallest absolute Gasteiger partial charge is 0.326 e. The van der Waals surface area contributed by atoms with Crippen LogP contribution in [0.25, 0.3) is 0 Å². The number of hydrogen-bond donors (Lipinski definition) is 7. The molecule has 1 aromatic rings. The summed E-state index contributed by atoms with van der Waals surface area (Å²) in [6.45, 7) is 2.76. The number of nitrogens with zero attached hydrogens (tertiary/aromatic N) is 2. The van der Waals surface area contributed by atoms with Gasteiger partial charge in [-0.1, -0.05) is 44.2 Å². The molecule has 6 unspecified atom stereocenters. The summed E-state index contributed by atoms with van der Waals surface area (Å²) in [7, 11) is 0. The van der Waals surface area contributed by atoms with E-state index in [0.717, 1.165) is 0 Å². The molecule has 0 saturated carbocycles. The summed E-state index contributed by atoms with van der Waals surface area (Å²) >= 11 is 0. The van der Waals surface area contributed by atoms with Gasteiger partial charge in [0.1, 0.15) is 30.2 Å². The van der Waals surface area contributed by atoms with E-state index in [9.17, 15) is 43.8 Å². The molecule has 5 amide bonds. The molecule has 258 valence electrons. The minimum Gasteiger partial charge on any atom is -0.481 e. The molecular formula is C31H44N6O10. The lowest BCUT2D eigenvalue weighted by atomic mass is 10.0. The largest absolute Gasteiger partial charge is 0.481 e. The minimum absolute atomic E-state index is 0.0472. The molecule has 2 aliphatic heterocycles. The third kappa shape index (κ3) is 9.71. The summed E-state index contributed by atoms with van der Waals surface area (Å²) in [5.74, 6) is -6.50. The number of amides is 5. The van der Waals surface area contributed by atoms with Gasteiger partial charge in [-0.25, -0.2) is 4.79 Å². The number of carboxylic acid groups (broad SMARTS) is 2. The van der Waals surface area contributed by atoms with E-state index in [2.05, 4.69) is 16.0 Å². The van der Waals surface area contributed by atoms with Gasteiger partial charge in [0.05, 0.1) is 19.1 Å². The maximum absolute atomic E-state index is 13.6. The third-order valence-corrected chi connectivity index (χ3v) is 8.33.